The highest BCUT2D eigenvalue weighted by molar-refractivity contribution is 7.98. The number of nitrogens with zero attached hydrogens (tertiary/aromatic N) is 4. The maximum Gasteiger partial charge on any atom is 0.355 e. The fourth-order valence-electron chi connectivity index (χ4n) is 2.63. The molecule has 0 bridgehead atoms. The molecule has 10 heteroatoms. The second-order valence-electron chi connectivity index (χ2n) is 5.82. The molecule has 4 aromatic rings. The van der Waals surface area contributed by atoms with E-state index in [1.807, 2.05) is 41.0 Å². The molecule has 4 rings (SSSR count). The van der Waals surface area contributed by atoms with Crippen LogP contribution < -0.4 is 0 Å². The lowest BCUT2D eigenvalue weighted by molar-refractivity contribution is 0.0691. The first kappa shape index (κ1) is 19.9. The Hall–Kier alpha value is -2.39. The van der Waals surface area contributed by atoms with Crippen molar-refractivity contribution in [3.05, 3.63) is 74.7 Å². The lowest BCUT2D eigenvalue weighted by Gasteiger charge is -2.11. The van der Waals surface area contributed by atoms with Crippen LogP contribution in [0.5, 0.6) is 0 Å². The number of carboxylic acids is 1. The van der Waals surface area contributed by atoms with Crippen LogP contribution in [0.1, 0.15) is 15.5 Å². The van der Waals surface area contributed by atoms with Gasteiger partial charge in [-0.05, 0) is 30.3 Å². The van der Waals surface area contributed by atoms with Gasteiger partial charge >= 0.3 is 5.97 Å². The molecule has 0 amide bonds. The summed E-state index contributed by atoms with van der Waals surface area (Å²) in [6.45, 7) is 0. The predicted molar refractivity (Wildman–Crippen MR) is 115 cm³/mol. The van der Waals surface area contributed by atoms with Crippen LogP contribution in [0.3, 0.4) is 0 Å². The molecule has 0 aliphatic heterocycles. The summed E-state index contributed by atoms with van der Waals surface area (Å²) >= 11 is 15.3. The molecule has 29 heavy (non-hydrogen) atoms. The van der Waals surface area contributed by atoms with Crippen molar-refractivity contribution in [1.82, 2.24) is 19.7 Å². The van der Waals surface area contributed by atoms with Crippen molar-refractivity contribution in [2.24, 2.45) is 0 Å². The Morgan fingerprint density at radius 3 is 2.69 bits per heavy atom. The van der Waals surface area contributed by atoms with Crippen LogP contribution in [-0.2, 0) is 5.75 Å². The summed E-state index contributed by atoms with van der Waals surface area (Å²) in [6, 6.07) is 14.8. The molecule has 2 heterocycles. The number of aromatic carboxylic acids is 1. The second kappa shape index (κ2) is 8.54. The topological polar surface area (TPSA) is 80.9 Å². The molecule has 2 aromatic carbocycles. The summed E-state index contributed by atoms with van der Waals surface area (Å²) in [4.78, 5) is 15.2. The summed E-state index contributed by atoms with van der Waals surface area (Å²) < 4.78 is 1.88. The highest BCUT2D eigenvalue weighted by atomic mass is 35.5. The quantitative estimate of drug-likeness (QED) is 0.370. The van der Waals surface area contributed by atoms with Gasteiger partial charge in [-0.25, -0.2) is 9.78 Å². The largest absolute Gasteiger partial charge is 0.476 e. The molecule has 0 fully saturated rings. The standard InChI is InChI=1S/C19H12Cl2N4O2S2/c20-11-4-3-5-12(8-11)25-17(13-6-1-2-7-14(13)21)23-24-19(25)29-10-16-22-15(9-28-16)18(26)27/h1-9H,10H2,(H,26,27). The van der Waals surface area contributed by atoms with Crippen molar-refractivity contribution in [3.63, 3.8) is 0 Å². The third-order valence-electron chi connectivity index (χ3n) is 3.91. The van der Waals surface area contributed by atoms with E-state index in [-0.39, 0.29) is 5.69 Å². The predicted octanol–water partition coefficient (Wildman–Crippen LogP) is 5.69. The number of benzene rings is 2. The molecule has 0 saturated heterocycles. The number of halogens is 2. The Bertz CT molecular complexity index is 1190. The number of hydrogen-bond acceptors (Lipinski definition) is 6. The third-order valence-corrected chi connectivity index (χ3v) is 6.45. The molecular weight excluding hydrogens is 451 g/mol. The summed E-state index contributed by atoms with van der Waals surface area (Å²) in [5.41, 5.74) is 1.58. The van der Waals surface area contributed by atoms with Crippen LogP contribution in [0.25, 0.3) is 17.1 Å². The van der Waals surface area contributed by atoms with Crippen molar-refractivity contribution in [2.45, 2.75) is 10.9 Å². The van der Waals surface area contributed by atoms with E-state index in [9.17, 15) is 4.79 Å². The van der Waals surface area contributed by atoms with Gasteiger partial charge in [0.2, 0.25) is 0 Å². The van der Waals surface area contributed by atoms with Gasteiger partial charge in [0.1, 0.15) is 5.01 Å². The summed E-state index contributed by atoms with van der Waals surface area (Å²) in [6.07, 6.45) is 0. The van der Waals surface area contributed by atoms with E-state index in [2.05, 4.69) is 15.2 Å². The Morgan fingerprint density at radius 2 is 1.97 bits per heavy atom. The summed E-state index contributed by atoms with van der Waals surface area (Å²) in [5, 5.41) is 21.7. The van der Waals surface area contributed by atoms with Gasteiger partial charge < -0.3 is 5.11 Å². The van der Waals surface area contributed by atoms with Gasteiger partial charge in [-0.1, -0.05) is 53.2 Å². The smallest absolute Gasteiger partial charge is 0.355 e. The molecule has 0 atom stereocenters. The molecule has 0 saturated carbocycles. The minimum atomic E-state index is -1.04. The highest BCUT2D eigenvalue weighted by Gasteiger charge is 2.19. The molecule has 146 valence electrons. The number of hydrogen-bond donors (Lipinski definition) is 1. The molecule has 0 aliphatic carbocycles. The molecule has 2 aromatic heterocycles. The summed E-state index contributed by atoms with van der Waals surface area (Å²) in [7, 11) is 0. The fraction of sp³-hybridized carbons (Fsp3) is 0.0526. The van der Waals surface area contributed by atoms with E-state index in [0.717, 1.165) is 11.3 Å². The summed E-state index contributed by atoms with van der Waals surface area (Å²) in [5.74, 6) is 0.00504. The Labute approximate surface area is 184 Å². The van der Waals surface area contributed by atoms with Gasteiger partial charge in [0.05, 0.1) is 16.5 Å². The fourth-order valence-corrected chi connectivity index (χ4v) is 4.77. The molecule has 0 radical (unpaired) electrons. The van der Waals surface area contributed by atoms with Crippen molar-refractivity contribution in [3.8, 4) is 17.1 Å². The van der Waals surface area contributed by atoms with Crippen molar-refractivity contribution in [1.29, 1.82) is 0 Å². The number of thioether (sulfide) groups is 1. The normalized spacial score (nSPS) is 11.0. The van der Waals surface area contributed by atoms with Gasteiger partial charge in [-0.2, -0.15) is 0 Å². The molecular formula is C19H12Cl2N4O2S2. The zero-order valence-electron chi connectivity index (χ0n) is 14.6. The second-order valence-corrected chi connectivity index (χ2v) is 8.55. The van der Waals surface area contributed by atoms with Gasteiger partial charge in [0, 0.05) is 16.0 Å². The van der Waals surface area contributed by atoms with E-state index >= 15 is 0 Å². The Morgan fingerprint density at radius 1 is 1.14 bits per heavy atom. The zero-order valence-corrected chi connectivity index (χ0v) is 17.8. The van der Waals surface area contributed by atoms with Crippen molar-refractivity contribution < 1.29 is 9.90 Å². The van der Waals surface area contributed by atoms with Gasteiger partial charge in [-0.15, -0.1) is 21.5 Å². The van der Waals surface area contributed by atoms with Gasteiger partial charge in [-0.3, -0.25) is 4.57 Å². The van der Waals surface area contributed by atoms with E-state index < -0.39 is 5.97 Å². The maximum atomic E-state index is 11.0. The van der Waals surface area contributed by atoms with E-state index in [4.69, 9.17) is 28.3 Å². The van der Waals surface area contributed by atoms with Crippen molar-refractivity contribution >= 4 is 52.3 Å². The average Bonchev–Trinajstić information content (AvgIpc) is 3.34. The van der Waals surface area contributed by atoms with Crippen molar-refractivity contribution in [2.75, 3.05) is 0 Å². The number of carboxylic acid groups (broad SMARTS) is 1. The van der Waals surface area contributed by atoms with Crippen LogP contribution in [0, 0.1) is 0 Å². The van der Waals surface area contributed by atoms with Crippen LogP contribution in [0.4, 0.5) is 0 Å². The third kappa shape index (κ3) is 4.30. The number of carbonyl (C=O) groups is 1. The van der Waals surface area contributed by atoms with Gasteiger partial charge in [0.25, 0.3) is 0 Å². The lowest BCUT2D eigenvalue weighted by Crippen LogP contribution is -2.00. The monoisotopic (exact) mass is 462 g/mol. The zero-order chi connectivity index (χ0) is 20.4. The number of thiazole rings is 1. The van der Waals surface area contributed by atoms with E-state index in [1.165, 1.54) is 28.5 Å². The molecule has 6 nitrogen and oxygen atoms in total. The first-order valence-electron chi connectivity index (χ1n) is 8.29. The Kier molecular flexibility index (Phi) is 5.86. The van der Waals surface area contributed by atoms with Crippen LogP contribution in [-0.4, -0.2) is 30.8 Å². The van der Waals surface area contributed by atoms with Crippen LogP contribution in [0.15, 0.2) is 59.1 Å². The van der Waals surface area contributed by atoms with E-state index in [0.29, 0.717) is 31.8 Å². The molecule has 0 aliphatic rings. The van der Waals surface area contributed by atoms with Crippen LogP contribution in [0.2, 0.25) is 10.0 Å². The lowest BCUT2D eigenvalue weighted by atomic mass is 10.2. The highest BCUT2D eigenvalue weighted by Crippen LogP contribution is 2.33. The average molecular weight is 463 g/mol. The molecule has 1 N–H and O–H groups in total. The molecule has 0 spiro atoms. The maximum absolute atomic E-state index is 11.0. The number of aromatic nitrogens is 4. The number of rotatable bonds is 6. The minimum absolute atomic E-state index is 0.0404. The van der Waals surface area contributed by atoms with Gasteiger partial charge in [0.15, 0.2) is 16.7 Å². The molecule has 0 unspecified atom stereocenters. The minimum Gasteiger partial charge on any atom is -0.476 e. The SMILES string of the molecule is O=C(O)c1csc(CSc2nnc(-c3ccccc3Cl)n2-c2cccc(Cl)c2)n1. The van der Waals surface area contributed by atoms with E-state index in [1.54, 1.807) is 12.1 Å². The van der Waals surface area contributed by atoms with Crippen LogP contribution >= 0.6 is 46.3 Å². The first-order valence-corrected chi connectivity index (χ1v) is 10.9. The Balaban J connectivity index is 1.73. The first-order chi connectivity index (χ1) is 14.0.